The summed E-state index contributed by atoms with van der Waals surface area (Å²) in [5.74, 6) is 2.58. The molecule has 0 bridgehead atoms. The summed E-state index contributed by atoms with van der Waals surface area (Å²) in [6, 6.07) is 11.5. The summed E-state index contributed by atoms with van der Waals surface area (Å²) in [4.78, 5) is 2.44. The van der Waals surface area contributed by atoms with E-state index >= 15 is 0 Å². The highest BCUT2D eigenvalue weighted by molar-refractivity contribution is 7.99. The highest BCUT2D eigenvalue weighted by atomic mass is 32.2. The van der Waals surface area contributed by atoms with Crippen LogP contribution in [0.4, 0.5) is 0 Å². The van der Waals surface area contributed by atoms with Crippen LogP contribution in [0, 0.1) is 0 Å². The average molecular weight is 250 g/mol. The van der Waals surface area contributed by atoms with Crippen LogP contribution in [0.1, 0.15) is 12.0 Å². The second-order valence-corrected chi connectivity index (χ2v) is 6.06. The number of hydrogen-bond acceptors (Lipinski definition) is 3. The molecule has 2 atom stereocenters. The highest BCUT2D eigenvalue weighted by Gasteiger charge is 2.21. The van der Waals surface area contributed by atoms with Crippen molar-refractivity contribution in [1.29, 1.82) is 0 Å². The molecule has 2 nitrogen and oxygen atoms in total. The third kappa shape index (κ3) is 4.02. The molecule has 2 rings (SSSR count). The van der Waals surface area contributed by atoms with E-state index in [1.165, 1.54) is 23.5 Å². The van der Waals surface area contributed by atoms with Crippen molar-refractivity contribution in [1.82, 2.24) is 4.90 Å². The van der Waals surface area contributed by atoms with Gasteiger partial charge in [-0.25, -0.2) is 0 Å². The quantitative estimate of drug-likeness (QED) is 0.866. The van der Waals surface area contributed by atoms with Crippen molar-refractivity contribution in [2.24, 2.45) is 5.73 Å². The molecule has 1 aromatic rings. The van der Waals surface area contributed by atoms with E-state index < -0.39 is 0 Å². The third-order valence-corrected chi connectivity index (χ3v) is 4.54. The van der Waals surface area contributed by atoms with Gasteiger partial charge in [0.15, 0.2) is 0 Å². The molecule has 2 N–H and O–H groups in total. The Bertz CT molecular complexity index is 322. The molecule has 0 saturated carbocycles. The van der Waals surface area contributed by atoms with Gasteiger partial charge in [-0.3, -0.25) is 0 Å². The van der Waals surface area contributed by atoms with E-state index in [1.807, 2.05) is 0 Å². The van der Waals surface area contributed by atoms with Crippen LogP contribution in [-0.2, 0) is 6.42 Å². The van der Waals surface area contributed by atoms with Gasteiger partial charge in [0.05, 0.1) is 0 Å². The number of hydrogen-bond donors (Lipinski definition) is 1. The lowest BCUT2D eigenvalue weighted by Gasteiger charge is -2.26. The lowest BCUT2D eigenvalue weighted by atomic mass is 10.1. The van der Waals surface area contributed by atoms with Crippen LogP contribution in [0.15, 0.2) is 30.3 Å². The lowest BCUT2D eigenvalue weighted by molar-refractivity contribution is 0.246. The zero-order valence-corrected chi connectivity index (χ0v) is 11.3. The molecule has 0 radical (unpaired) electrons. The topological polar surface area (TPSA) is 29.3 Å². The first-order valence-corrected chi connectivity index (χ1v) is 7.48. The van der Waals surface area contributed by atoms with Gasteiger partial charge in [0.2, 0.25) is 0 Å². The van der Waals surface area contributed by atoms with E-state index in [0.717, 1.165) is 19.0 Å². The fraction of sp³-hybridized carbons (Fsp3) is 0.571. The van der Waals surface area contributed by atoms with Gasteiger partial charge in [-0.05, 0) is 31.2 Å². The zero-order valence-electron chi connectivity index (χ0n) is 10.5. The first kappa shape index (κ1) is 12.9. The Kier molecular flexibility index (Phi) is 4.89. The molecule has 1 aromatic carbocycles. The summed E-state index contributed by atoms with van der Waals surface area (Å²) >= 11 is 2.06. The van der Waals surface area contributed by atoms with E-state index in [9.17, 15) is 0 Å². The molecule has 0 aromatic heterocycles. The van der Waals surface area contributed by atoms with Crippen LogP contribution < -0.4 is 5.73 Å². The molecule has 0 aliphatic carbocycles. The van der Waals surface area contributed by atoms with E-state index in [1.54, 1.807) is 0 Å². The SMILES string of the molecule is CN(CC(N)Cc1ccccc1)C1CCSC1. The molecule has 17 heavy (non-hydrogen) atoms. The van der Waals surface area contributed by atoms with Crippen LogP contribution in [0.25, 0.3) is 0 Å². The summed E-state index contributed by atoms with van der Waals surface area (Å²) in [6.45, 7) is 1.00. The molecule has 3 heteroatoms. The van der Waals surface area contributed by atoms with Gasteiger partial charge in [-0.2, -0.15) is 11.8 Å². The van der Waals surface area contributed by atoms with Crippen molar-refractivity contribution in [3.8, 4) is 0 Å². The van der Waals surface area contributed by atoms with Crippen LogP contribution >= 0.6 is 11.8 Å². The summed E-state index contributed by atoms with van der Waals surface area (Å²) in [5.41, 5.74) is 7.57. The molecule has 0 amide bonds. The van der Waals surface area contributed by atoms with Gasteiger partial charge in [-0.1, -0.05) is 30.3 Å². The Balaban J connectivity index is 1.78. The normalized spacial score (nSPS) is 21.9. The van der Waals surface area contributed by atoms with Crippen molar-refractivity contribution in [3.05, 3.63) is 35.9 Å². The van der Waals surface area contributed by atoms with Gasteiger partial charge in [-0.15, -0.1) is 0 Å². The fourth-order valence-corrected chi connectivity index (χ4v) is 3.67. The summed E-state index contributed by atoms with van der Waals surface area (Å²) < 4.78 is 0. The van der Waals surface area contributed by atoms with Gasteiger partial charge < -0.3 is 10.6 Å². The minimum Gasteiger partial charge on any atom is -0.326 e. The molecule has 1 aliphatic heterocycles. The Hall–Kier alpha value is -0.510. The first-order valence-electron chi connectivity index (χ1n) is 6.33. The molecular weight excluding hydrogens is 228 g/mol. The number of thioether (sulfide) groups is 1. The molecule has 1 saturated heterocycles. The van der Waals surface area contributed by atoms with Crippen molar-refractivity contribution in [2.75, 3.05) is 25.1 Å². The van der Waals surface area contributed by atoms with E-state index in [0.29, 0.717) is 0 Å². The summed E-state index contributed by atoms with van der Waals surface area (Å²) in [7, 11) is 2.21. The molecule has 0 spiro atoms. The number of rotatable bonds is 5. The fourth-order valence-electron chi connectivity index (χ4n) is 2.37. The molecule has 1 aliphatic rings. The molecule has 1 heterocycles. The monoisotopic (exact) mass is 250 g/mol. The average Bonchev–Trinajstić information content (AvgIpc) is 2.83. The summed E-state index contributed by atoms with van der Waals surface area (Å²) in [6.07, 6.45) is 2.30. The van der Waals surface area contributed by atoms with Crippen molar-refractivity contribution in [2.45, 2.75) is 24.9 Å². The van der Waals surface area contributed by atoms with Crippen molar-refractivity contribution >= 4 is 11.8 Å². The Labute approximate surface area is 109 Å². The molecule has 1 fully saturated rings. The Morgan fingerprint density at radius 2 is 2.18 bits per heavy atom. The number of likely N-dealkylation sites (N-methyl/N-ethyl adjacent to an activating group) is 1. The Morgan fingerprint density at radius 3 is 2.82 bits per heavy atom. The first-order chi connectivity index (χ1) is 8.25. The molecular formula is C14H22N2S. The standard InChI is InChI=1S/C14H22N2S/c1-16(14-7-8-17-11-14)10-13(15)9-12-5-3-2-4-6-12/h2-6,13-14H,7-11,15H2,1H3. The molecule has 2 unspecified atom stereocenters. The van der Waals surface area contributed by atoms with Crippen LogP contribution in [0.5, 0.6) is 0 Å². The van der Waals surface area contributed by atoms with E-state index in [-0.39, 0.29) is 6.04 Å². The zero-order chi connectivity index (χ0) is 12.1. The predicted molar refractivity (Wildman–Crippen MR) is 76.5 cm³/mol. The lowest BCUT2D eigenvalue weighted by Crippen LogP contribution is -2.42. The predicted octanol–water partition coefficient (Wildman–Crippen LogP) is 1.99. The summed E-state index contributed by atoms with van der Waals surface area (Å²) in [5, 5.41) is 0. The second-order valence-electron chi connectivity index (χ2n) is 4.91. The van der Waals surface area contributed by atoms with Crippen molar-refractivity contribution < 1.29 is 0 Å². The van der Waals surface area contributed by atoms with Gasteiger partial charge >= 0.3 is 0 Å². The highest BCUT2D eigenvalue weighted by Crippen LogP contribution is 2.21. The minimum atomic E-state index is 0.244. The number of benzene rings is 1. The van der Waals surface area contributed by atoms with Crippen LogP contribution in [-0.4, -0.2) is 42.1 Å². The Morgan fingerprint density at radius 1 is 1.41 bits per heavy atom. The van der Waals surface area contributed by atoms with E-state index in [2.05, 4.69) is 54.0 Å². The number of nitrogens with two attached hydrogens (primary N) is 1. The van der Waals surface area contributed by atoms with Gasteiger partial charge in [0.25, 0.3) is 0 Å². The maximum atomic E-state index is 6.23. The van der Waals surface area contributed by atoms with Gasteiger partial charge in [0.1, 0.15) is 0 Å². The second kappa shape index (κ2) is 6.43. The minimum absolute atomic E-state index is 0.244. The third-order valence-electron chi connectivity index (χ3n) is 3.39. The van der Waals surface area contributed by atoms with Crippen LogP contribution in [0.2, 0.25) is 0 Å². The number of nitrogens with zero attached hydrogens (tertiary/aromatic N) is 1. The smallest absolute Gasteiger partial charge is 0.0208 e. The van der Waals surface area contributed by atoms with Gasteiger partial charge in [0, 0.05) is 24.4 Å². The maximum absolute atomic E-state index is 6.23. The van der Waals surface area contributed by atoms with Crippen molar-refractivity contribution in [3.63, 3.8) is 0 Å². The van der Waals surface area contributed by atoms with Crippen LogP contribution in [0.3, 0.4) is 0 Å². The maximum Gasteiger partial charge on any atom is 0.0208 e. The largest absolute Gasteiger partial charge is 0.326 e. The van der Waals surface area contributed by atoms with E-state index in [4.69, 9.17) is 5.73 Å². The molecule has 94 valence electrons.